The number of ether oxygens (including phenoxy) is 1. The molecule has 1 amide bonds. The topological polar surface area (TPSA) is 59.4 Å². The second-order valence-electron chi connectivity index (χ2n) is 6.20. The first-order chi connectivity index (χ1) is 11.6. The van der Waals surface area contributed by atoms with Crippen LogP contribution in [0.3, 0.4) is 0 Å². The molecule has 1 aliphatic rings. The van der Waals surface area contributed by atoms with Gasteiger partial charge in [0.05, 0.1) is 19.8 Å². The number of hydrogen-bond donors (Lipinski definition) is 1. The molecular weight excluding hydrogens is 304 g/mol. The van der Waals surface area contributed by atoms with E-state index in [1.165, 1.54) is 5.56 Å². The minimum atomic E-state index is -0.251. The molecule has 1 saturated heterocycles. The fourth-order valence-corrected chi connectivity index (χ4v) is 2.88. The molecule has 24 heavy (non-hydrogen) atoms. The van der Waals surface area contributed by atoms with Crippen LogP contribution in [0.1, 0.15) is 23.0 Å². The molecule has 0 radical (unpaired) electrons. The molecule has 0 spiro atoms. The molecule has 1 aliphatic heterocycles. The molecule has 1 atom stereocenters. The number of imidazole rings is 1. The Hall–Kier alpha value is -2.18. The van der Waals surface area contributed by atoms with Crippen molar-refractivity contribution in [3.8, 4) is 0 Å². The summed E-state index contributed by atoms with van der Waals surface area (Å²) in [7, 11) is 1.94. The van der Waals surface area contributed by atoms with Crippen molar-refractivity contribution in [1.82, 2.24) is 19.8 Å². The summed E-state index contributed by atoms with van der Waals surface area (Å²) in [6.45, 7) is 5.41. The first-order valence-electron chi connectivity index (χ1n) is 8.27. The molecule has 1 aromatic carbocycles. The van der Waals surface area contributed by atoms with E-state index in [4.69, 9.17) is 4.74 Å². The number of nitrogens with one attached hydrogen (secondary N) is 1. The summed E-state index contributed by atoms with van der Waals surface area (Å²) in [6.07, 6.45) is 3.65. The number of morpholine rings is 1. The summed E-state index contributed by atoms with van der Waals surface area (Å²) in [5, 5.41) is 3.14. The van der Waals surface area contributed by atoms with Crippen molar-refractivity contribution in [2.45, 2.75) is 13.0 Å². The van der Waals surface area contributed by atoms with Crippen LogP contribution in [0.4, 0.5) is 0 Å². The van der Waals surface area contributed by atoms with Gasteiger partial charge < -0.3 is 14.6 Å². The Kier molecular flexibility index (Phi) is 5.27. The van der Waals surface area contributed by atoms with Crippen molar-refractivity contribution in [2.24, 2.45) is 7.05 Å². The Bertz CT molecular complexity index is 675. The number of nitrogens with zero attached hydrogens (tertiary/aromatic N) is 3. The lowest BCUT2D eigenvalue weighted by Gasteiger charge is -2.27. The molecule has 6 nitrogen and oxygen atoms in total. The number of benzene rings is 1. The Balaban J connectivity index is 1.76. The van der Waals surface area contributed by atoms with Crippen LogP contribution in [0.25, 0.3) is 0 Å². The van der Waals surface area contributed by atoms with Gasteiger partial charge in [-0.3, -0.25) is 9.69 Å². The van der Waals surface area contributed by atoms with E-state index < -0.39 is 0 Å². The van der Waals surface area contributed by atoms with E-state index in [0.29, 0.717) is 19.8 Å². The summed E-state index contributed by atoms with van der Waals surface area (Å²) < 4.78 is 7.27. The minimum Gasteiger partial charge on any atom is -0.379 e. The smallest absolute Gasteiger partial charge is 0.235 e. The number of carbonyl (C=O) groups is 1. The lowest BCUT2D eigenvalue weighted by Crippen LogP contribution is -2.44. The molecule has 1 unspecified atom stereocenters. The zero-order valence-corrected chi connectivity index (χ0v) is 14.2. The number of amides is 1. The second-order valence-corrected chi connectivity index (χ2v) is 6.20. The molecule has 3 rings (SSSR count). The number of aromatic nitrogens is 2. The summed E-state index contributed by atoms with van der Waals surface area (Å²) >= 11 is 0. The van der Waals surface area contributed by atoms with Gasteiger partial charge in [-0.25, -0.2) is 4.98 Å². The third kappa shape index (κ3) is 4.01. The van der Waals surface area contributed by atoms with Gasteiger partial charge >= 0.3 is 0 Å². The van der Waals surface area contributed by atoms with Gasteiger partial charge in [0.1, 0.15) is 11.9 Å². The minimum absolute atomic E-state index is 0.00507. The molecule has 128 valence electrons. The van der Waals surface area contributed by atoms with Crippen LogP contribution < -0.4 is 5.32 Å². The zero-order chi connectivity index (χ0) is 16.9. The summed E-state index contributed by atoms with van der Waals surface area (Å²) in [6, 6.07) is 7.95. The zero-order valence-electron chi connectivity index (χ0n) is 14.2. The highest BCUT2D eigenvalue weighted by molar-refractivity contribution is 5.79. The van der Waals surface area contributed by atoms with E-state index in [2.05, 4.69) is 34.3 Å². The van der Waals surface area contributed by atoms with Gasteiger partial charge in [-0.2, -0.15) is 0 Å². The molecule has 2 aromatic rings. The first kappa shape index (κ1) is 16.7. The Morgan fingerprint density at radius 3 is 2.62 bits per heavy atom. The first-order valence-corrected chi connectivity index (χ1v) is 8.27. The monoisotopic (exact) mass is 328 g/mol. The number of rotatable bonds is 5. The third-order valence-electron chi connectivity index (χ3n) is 4.30. The molecular formula is C18H24N4O2. The maximum Gasteiger partial charge on any atom is 0.235 e. The predicted octanol–water partition coefficient (Wildman–Crippen LogP) is 1.27. The van der Waals surface area contributed by atoms with Gasteiger partial charge in [0.15, 0.2) is 0 Å². The van der Waals surface area contributed by atoms with Gasteiger partial charge in [0.2, 0.25) is 5.91 Å². The van der Waals surface area contributed by atoms with Crippen molar-refractivity contribution >= 4 is 5.91 Å². The highest BCUT2D eigenvalue weighted by atomic mass is 16.5. The highest BCUT2D eigenvalue weighted by Crippen LogP contribution is 2.21. The van der Waals surface area contributed by atoms with Crippen LogP contribution >= 0.6 is 0 Å². The number of carbonyl (C=O) groups excluding carboxylic acids is 1. The van der Waals surface area contributed by atoms with Gasteiger partial charge in [0, 0.05) is 32.5 Å². The van der Waals surface area contributed by atoms with Gasteiger partial charge in [0.25, 0.3) is 0 Å². The fourth-order valence-electron chi connectivity index (χ4n) is 2.88. The van der Waals surface area contributed by atoms with Crippen LogP contribution in [-0.2, 0) is 16.6 Å². The van der Waals surface area contributed by atoms with Gasteiger partial charge in [-0.1, -0.05) is 29.8 Å². The van der Waals surface area contributed by atoms with Crippen molar-refractivity contribution < 1.29 is 9.53 Å². The van der Waals surface area contributed by atoms with E-state index in [0.717, 1.165) is 24.5 Å². The van der Waals surface area contributed by atoms with Crippen LogP contribution in [0.2, 0.25) is 0 Å². The molecule has 0 saturated carbocycles. The third-order valence-corrected chi connectivity index (χ3v) is 4.30. The van der Waals surface area contributed by atoms with E-state index in [1.807, 2.05) is 29.9 Å². The summed E-state index contributed by atoms with van der Waals surface area (Å²) in [5.74, 6) is 0.833. The quantitative estimate of drug-likeness (QED) is 0.898. The molecule has 2 heterocycles. The molecule has 1 fully saturated rings. The molecule has 0 aliphatic carbocycles. The maximum absolute atomic E-state index is 12.5. The van der Waals surface area contributed by atoms with Crippen LogP contribution in [0, 0.1) is 6.92 Å². The van der Waals surface area contributed by atoms with Crippen molar-refractivity contribution in [3.63, 3.8) is 0 Å². The lowest BCUT2D eigenvalue weighted by atomic mass is 10.0. The van der Waals surface area contributed by atoms with E-state index in [9.17, 15) is 4.79 Å². The SMILES string of the molecule is Cc1ccc(C(NC(=O)CN2CCOCC2)c2nccn2C)cc1. The van der Waals surface area contributed by atoms with E-state index in [-0.39, 0.29) is 11.9 Å². The molecule has 0 bridgehead atoms. The van der Waals surface area contributed by atoms with Gasteiger partial charge in [-0.15, -0.1) is 0 Å². The number of aryl methyl sites for hydroxylation is 2. The molecule has 1 N–H and O–H groups in total. The molecule has 6 heteroatoms. The summed E-state index contributed by atoms with van der Waals surface area (Å²) in [5.41, 5.74) is 2.22. The Morgan fingerprint density at radius 1 is 1.29 bits per heavy atom. The van der Waals surface area contributed by atoms with Crippen molar-refractivity contribution in [2.75, 3.05) is 32.8 Å². The van der Waals surface area contributed by atoms with Crippen LogP contribution in [-0.4, -0.2) is 53.2 Å². The maximum atomic E-state index is 12.5. The van der Waals surface area contributed by atoms with Crippen molar-refractivity contribution in [1.29, 1.82) is 0 Å². The largest absolute Gasteiger partial charge is 0.379 e. The predicted molar refractivity (Wildman–Crippen MR) is 91.6 cm³/mol. The van der Waals surface area contributed by atoms with E-state index in [1.54, 1.807) is 6.20 Å². The van der Waals surface area contributed by atoms with Crippen LogP contribution in [0.5, 0.6) is 0 Å². The standard InChI is InChI=1S/C18H24N4O2/c1-14-3-5-15(6-4-14)17(18-19-7-8-21(18)2)20-16(23)13-22-9-11-24-12-10-22/h3-8,17H,9-13H2,1-2H3,(H,20,23). The highest BCUT2D eigenvalue weighted by Gasteiger charge is 2.22. The average molecular weight is 328 g/mol. The lowest BCUT2D eigenvalue weighted by molar-refractivity contribution is -0.123. The number of hydrogen-bond acceptors (Lipinski definition) is 4. The van der Waals surface area contributed by atoms with E-state index >= 15 is 0 Å². The average Bonchev–Trinajstić information content (AvgIpc) is 3.00. The summed E-state index contributed by atoms with van der Waals surface area (Å²) in [4.78, 5) is 19.1. The Labute approximate surface area is 142 Å². The van der Waals surface area contributed by atoms with Gasteiger partial charge in [-0.05, 0) is 12.5 Å². The van der Waals surface area contributed by atoms with Crippen molar-refractivity contribution in [3.05, 3.63) is 53.6 Å². The van der Waals surface area contributed by atoms with Crippen LogP contribution in [0.15, 0.2) is 36.7 Å². The molecule has 1 aromatic heterocycles. The normalized spacial score (nSPS) is 16.8. The fraction of sp³-hybridized carbons (Fsp3) is 0.444. The second kappa shape index (κ2) is 7.59. The Morgan fingerprint density at radius 2 is 2.00 bits per heavy atom.